The molecule has 1 fully saturated rings. The monoisotopic (exact) mass is 328 g/mol. The Labute approximate surface area is 147 Å². The average molecular weight is 329 g/mol. The number of hydrogen-bond acceptors (Lipinski definition) is 2. The lowest BCUT2D eigenvalue weighted by Crippen LogP contribution is -2.47. The Morgan fingerprint density at radius 1 is 1.21 bits per heavy atom. The van der Waals surface area contributed by atoms with Crippen LogP contribution in [0.25, 0.3) is 0 Å². The van der Waals surface area contributed by atoms with Gasteiger partial charge in [-0.2, -0.15) is 0 Å². The molecule has 0 unspecified atom stereocenters. The molecule has 0 bridgehead atoms. The molecule has 24 heavy (non-hydrogen) atoms. The van der Waals surface area contributed by atoms with Gasteiger partial charge >= 0.3 is 0 Å². The molecule has 2 aliphatic rings. The van der Waals surface area contributed by atoms with Gasteiger partial charge in [0.25, 0.3) is 0 Å². The number of piperidine rings is 1. The van der Waals surface area contributed by atoms with Crippen molar-refractivity contribution in [3.05, 3.63) is 29.3 Å². The second kappa shape index (κ2) is 7.69. The second-order valence-corrected chi connectivity index (χ2v) is 7.71. The van der Waals surface area contributed by atoms with E-state index >= 15 is 0 Å². The lowest BCUT2D eigenvalue weighted by atomic mass is 9.89. The smallest absolute Gasteiger partial charge is 0.227 e. The molecule has 0 spiro atoms. The molecule has 2 aliphatic heterocycles. The Morgan fingerprint density at radius 3 is 2.79 bits per heavy atom. The van der Waals surface area contributed by atoms with Crippen molar-refractivity contribution < 1.29 is 4.79 Å². The van der Waals surface area contributed by atoms with E-state index in [2.05, 4.69) is 48.9 Å². The molecule has 3 heteroatoms. The van der Waals surface area contributed by atoms with Crippen LogP contribution >= 0.6 is 0 Å². The number of benzene rings is 1. The van der Waals surface area contributed by atoms with E-state index in [1.165, 1.54) is 42.5 Å². The van der Waals surface area contributed by atoms with Gasteiger partial charge in [-0.3, -0.25) is 4.79 Å². The van der Waals surface area contributed by atoms with Gasteiger partial charge in [-0.05, 0) is 45.0 Å². The van der Waals surface area contributed by atoms with Crippen LogP contribution in [0.4, 0.5) is 5.69 Å². The summed E-state index contributed by atoms with van der Waals surface area (Å²) in [5.74, 6) is 0.830. The summed E-state index contributed by atoms with van der Waals surface area (Å²) < 4.78 is 0. The highest BCUT2D eigenvalue weighted by molar-refractivity contribution is 5.96. The van der Waals surface area contributed by atoms with Gasteiger partial charge < -0.3 is 9.80 Å². The van der Waals surface area contributed by atoms with Crippen LogP contribution in [-0.4, -0.2) is 37.0 Å². The maximum absolute atomic E-state index is 13.0. The molecule has 0 saturated carbocycles. The summed E-state index contributed by atoms with van der Waals surface area (Å²) in [7, 11) is 2.20. The number of likely N-dealkylation sites (N-methyl/N-ethyl adjacent to an activating group) is 1. The molecular weight excluding hydrogens is 296 g/mol. The van der Waals surface area contributed by atoms with E-state index in [0.29, 0.717) is 24.3 Å². The average Bonchev–Trinajstić information content (AvgIpc) is 2.87. The van der Waals surface area contributed by atoms with Gasteiger partial charge in [0, 0.05) is 30.6 Å². The molecule has 0 aromatic heterocycles. The molecule has 1 aromatic rings. The van der Waals surface area contributed by atoms with Crippen LogP contribution in [0, 0.1) is 6.92 Å². The molecule has 1 amide bonds. The molecule has 0 aliphatic carbocycles. The number of fused-ring (bicyclic) bond motifs is 3. The van der Waals surface area contributed by atoms with E-state index in [4.69, 9.17) is 0 Å². The van der Waals surface area contributed by atoms with Crippen molar-refractivity contribution in [2.75, 3.05) is 25.0 Å². The van der Waals surface area contributed by atoms with Crippen LogP contribution in [-0.2, 0) is 4.79 Å². The summed E-state index contributed by atoms with van der Waals surface area (Å²) in [6, 6.07) is 7.02. The minimum absolute atomic E-state index is 0.341. The number of likely N-dealkylation sites (tertiary alicyclic amines) is 1. The van der Waals surface area contributed by atoms with Crippen LogP contribution in [0.1, 0.15) is 68.9 Å². The first-order valence-corrected chi connectivity index (χ1v) is 9.73. The topological polar surface area (TPSA) is 23.6 Å². The molecule has 132 valence electrons. The predicted octanol–water partition coefficient (Wildman–Crippen LogP) is 4.49. The molecule has 0 radical (unpaired) electrons. The van der Waals surface area contributed by atoms with E-state index in [9.17, 15) is 4.79 Å². The molecule has 1 saturated heterocycles. The molecule has 3 rings (SSSR count). The number of aryl methyl sites for hydroxylation is 1. The van der Waals surface area contributed by atoms with E-state index in [-0.39, 0.29) is 0 Å². The number of unbranched alkanes of at least 4 members (excludes halogenated alkanes) is 4. The van der Waals surface area contributed by atoms with Crippen LogP contribution in [0.15, 0.2) is 18.2 Å². The highest BCUT2D eigenvalue weighted by Gasteiger charge is 2.43. The third-order valence-electron chi connectivity index (χ3n) is 5.72. The molecule has 3 nitrogen and oxygen atoms in total. The SMILES string of the molecule is CCCCCCCC(=O)N1c2ccc(C)cc2[C@H]2CN(C)CC[C@H]21. The van der Waals surface area contributed by atoms with E-state index in [1.807, 2.05) is 0 Å². The zero-order chi connectivity index (χ0) is 17.1. The maximum Gasteiger partial charge on any atom is 0.227 e. The van der Waals surface area contributed by atoms with E-state index in [1.54, 1.807) is 0 Å². The van der Waals surface area contributed by atoms with Crippen LogP contribution in [0.3, 0.4) is 0 Å². The van der Waals surface area contributed by atoms with Gasteiger partial charge in [0.2, 0.25) is 5.91 Å². The molecule has 1 aromatic carbocycles. The van der Waals surface area contributed by atoms with Gasteiger partial charge in [0.05, 0.1) is 0 Å². The molecular formula is C21H32N2O. The summed E-state index contributed by atoms with van der Waals surface area (Å²) in [5, 5.41) is 0. The fraction of sp³-hybridized carbons (Fsp3) is 0.667. The van der Waals surface area contributed by atoms with Gasteiger partial charge in [0.15, 0.2) is 0 Å². The zero-order valence-corrected chi connectivity index (χ0v) is 15.6. The quantitative estimate of drug-likeness (QED) is 0.718. The van der Waals surface area contributed by atoms with Gasteiger partial charge in [-0.15, -0.1) is 0 Å². The number of amides is 1. The van der Waals surface area contributed by atoms with Crippen molar-refractivity contribution in [3.63, 3.8) is 0 Å². The number of carbonyl (C=O) groups excluding carboxylic acids is 1. The Morgan fingerprint density at radius 2 is 2.00 bits per heavy atom. The normalized spacial score (nSPS) is 23.2. The molecule has 2 atom stereocenters. The van der Waals surface area contributed by atoms with E-state index < -0.39 is 0 Å². The largest absolute Gasteiger partial charge is 0.308 e. The van der Waals surface area contributed by atoms with Crippen molar-refractivity contribution >= 4 is 11.6 Å². The Bertz CT molecular complexity index is 583. The highest BCUT2D eigenvalue weighted by atomic mass is 16.2. The third kappa shape index (κ3) is 3.51. The minimum atomic E-state index is 0.341. The fourth-order valence-corrected chi connectivity index (χ4v) is 4.41. The summed E-state index contributed by atoms with van der Waals surface area (Å²) >= 11 is 0. The Hall–Kier alpha value is -1.35. The van der Waals surface area contributed by atoms with Crippen molar-refractivity contribution in [3.8, 4) is 0 Å². The van der Waals surface area contributed by atoms with Gasteiger partial charge in [-0.1, -0.05) is 50.3 Å². The lowest BCUT2D eigenvalue weighted by Gasteiger charge is -2.36. The van der Waals surface area contributed by atoms with Crippen molar-refractivity contribution in [2.24, 2.45) is 0 Å². The van der Waals surface area contributed by atoms with Crippen molar-refractivity contribution in [1.29, 1.82) is 0 Å². The molecule has 0 N–H and O–H groups in total. The number of rotatable bonds is 6. The number of hydrogen-bond donors (Lipinski definition) is 0. The standard InChI is InChI=1S/C21H32N2O/c1-4-5-6-7-8-9-21(24)23-19-11-10-16(2)14-17(19)18-15-22(3)13-12-20(18)23/h10-11,14,18,20H,4-9,12-13,15H2,1-3H3/t18-,20-/m1/s1. The first-order valence-electron chi connectivity index (χ1n) is 9.73. The van der Waals surface area contributed by atoms with Crippen molar-refractivity contribution in [2.45, 2.75) is 70.8 Å². The number of nitrogens with zero attached hydrogens (tertiary/aromatic N) is 2. The second-order valence-electron chi connectivity index (χ2n) is 7.71. The minimum Gasteiger partial charge on any atom is -0.308 e. The zero-order valence-electron chi connectivity index (χ0n) is 15.6. The van der Waals surface area contributed by atoms with Crippen LogP contribution in [0.2, 0.25) is 0 Å². The van der Waals surface area contributed by atoms with Crippen LogP contribution in [0.5, 0.6) is 0 Å². The van der Waals surface area contributed by atoms with Crippen molar-refractivity contribution in [1.82, 2.24) is 4.90 Å². The lowest BCUT2D eigenvalue weighted by molar-refractivity contribution is -0.119. The van der Waals surface area contributed by atoms with Gasteiger partial charge in [0.1, 0.15) is 0 Å². The highest BCUT2D eigenvalue weighted by Crippen LogP contribution is 2.45. The Balaban J connectivity index is 1.74. The third-order valence-corrected chi connectivity index (χ3v) is 5.72. The van der Waals surface area contributed by atoms with Crippen LogP contribution < -0.4 is 4.90 Å². The summed E-state index contributed by atoms with van der Waals surface area (Å²) in [6.45, 7) is 6.55. The summed E-state index contributed by atoms with van der Waals surface area (Å²) in [4.78, 5) is 17.5. The summed E-state index contributed by atoms with van der Waals surface area (Å²) in [5.41, 5.74) is 3.88. The number of carbonyl (C=O) groups is 1. The Kier molecular flexibility index (Phi) is 5.60. The first kappa shape index (κ1) is 17.5. The summed E-state index contributed by atoms with van der Waals surface area (Å²) in [6.07, 6.45) is 7.82. The predicted molar refractivity (Wildman–Crippen MR) is 101 cm³/mol. The van der Waals surface area contributed by atoms with E-state index in [0.717, 1.165) is 25.9 Å². The first-order chi connectivity index (χ1) is 11.6. The van der Waals surface area contributed by atoms with Gasteiger partial charge in [-0.25, -0.2) is 0 Å². The molecule has 2 heterocycles. The maximum atomic E-state index is 13.0. The fourth-order valence-electron chi connectivity index (χ4n) is 4.41. The number of anilines is 1.